The highest BCUT2D eigenvalue weighted by Crippen LogP contribution is 2.09. The third kappa shape index (κ3) is 5.82. The minimum atomic E-state index is -0.735. The number of hydrogen-bond acceptors (Lipinski definition) is 5. The molecule has 4 N–H and O–H groups in total. The number of aliphatic hydroxyl groups excluding tert-OH is 1. The summed E-state index contributed by atoms with van der Waals surface area (Å²) in [4.78, 5) is 24.9. The van der Waals surface area contributed by atoms with E-state index in [1.165, 1.54) is 6.26 Å². The van der Waals surface area contributed by atoms with Gasteiger partial charge >= 0.3 is 0 Å². The first kappa shape index (κ1) is 21.0. The summed E-state index contributed by atoms with van der Waals surface area (Å²) in [6.07, 6.45) is 1.31. The molecule has 7 nitrogen and oxygen atoms in total. The van der Waals surface area contributed by atoms with Crippen LogP contribution in [0, 0.1) is 5.92 Å². The van der Waals surface area contributed by atoms with Gasteiger partial charge in [-0.3, -0.25) is 9.59 Å². The molecule has 8 heteroatoms. The topological polar surface area (TPSA) is 104 Å². The Morgan fingerprint density at radius 3 is 2.59 bits per heavy atom. The van der Waals surface area contributed by atoms with Gasteiger partial charge in [0, 0.05) is 32.0 Å². The molecule has 1 aromatic heterocycles. The third-order valence-electron chi connectivity index (χ3n) is 4.49. The average molecular weight is 394 g/mol. The van der Waals surface area contributed by atoms with Gasteiger partial charge in [0.25, 0.3) is 5.91 Å². The van der Waals surface area contributed by atoms with E-state index in [-0.39, 0.29) is 30.0 Å². The van der Waals surface area contributed by atoms with Crippen LogP contribution >= 0.6 is 12.4 Å². The van der Waals surface area contributed by atoms with Crippen LogP contribution in [0.1, 0.15) is 16.1 Å². The molecule has 0 saturated carbocycles. The predicted octanol–water partition coefficient (Wildman–Crippen LogP) is 0.739. The molecular formula is C19H24ClN3O4. The van der Waals surface area contributed by atoms with Crippen molar-refractivity contribution in [3.63, 3.8) is 0 Å². The van der Waals surface area contributed by atoms with Crippen molar-refractivity contribution in [1.29, 1.82) is 0 Å². The molecule has 1 aliphatic rings. The fourth-order valence-electron chi connectivity index (χ4n) is 2.98. The fourth-order valence-corrected chi connectivity index (χ4v) is 2.98. The highest BCUT2D eigenvalue weighted by Gasteiger charge is 2.27. The lowest BCUT2D eigenvalue weighted by atomic mass is 10.0. The van der Waals surface area contributed by atoms with Gasteiger partial charge in [-0.15, -0.1) is 12.4 Å². The fraction of sp³-hybridized carbons (Fsp3) is 0.368. The van der Waals surface area contributed by atoms with Crippen molar-refractivity contribution >= 4 is 24.2 Å². The summed E-state index contributed by atoms with van der Waals surface area (Å²) in [6, 6.07) is 11.9. The maximum Gasteiger partial charge on any atom is 0.287 e. The van der Waals surface area contributed by atoms with Crippen molar-refractivity contribution in [1.82, 2.24) is 16.0 Å². The van der Waals surface area contributed by atoms with Crippen LogP contribution < -0.4 is 16.0 Å². The van der Waals surface area contributed by atoms with E-state index in [0.29, 0.717) is 26.1 Å². The van der Waals surface area contributed by atoms with Crippen LogP contribution in [-0.4, -0.2) is 48.7 Å². The van der Waals surface area contributed by atoms with E-state index < -0.39 is 18.1 Å². The van der Waals surface area contributed by atoms with E-state index in [4.69, 9.17) is 4.42 Å². The minimum Gasteiger partial charge on any atom is -0.459 e. The van der Waals surface area contributed by atoms with Gasteiger partial charge < -0.3 is 25.5 Å². The quantitative estimate of drug-likeness (QED) is 0.555. The number of halogens is 1. The number of amides is 2. The van der Waals surface area contributed by atoms with Gasteiger partial charge in [0.05, 0.1) is 12.4 Å². The second-order valence-corrected chi connectivity index (χ2v) is 6.42. The van der Waals surface area contributed by atoms with Crippen molar-refractivity contribution < 1.29 is 19.1 Å². The molecule has 0 spiro atoms. The second-order valence-electron chi connectivity index (χ2n) is 6.42. The van der Waals surface area contributed by atoms with Crippen molar-refractivity contribution in [3.05, 3.63) is 60.1 Å². The molecule has 146 valence electrons. The Morgan fingerprint density at radius 2 is 1.96 bits per heavy atom. The molecule has 1 aromatic carbocycles. The van der Waals surface area contributed by atoms with Crippen LogP contribution in [0.5, 0.6) is 0 Å². The summed E-state index contributed by atoms with van der Waals surface area (Å²) < 4.78 is 5.10. The second kappa shape index (κ2) is 10.1. The number of hydrogen-bond donors (Lipinski definition) is 4. The maximum absolute atomic E-state index is 12.7. The van der Waals surface area contributed by atoms with Gasteiger partial charge in [-0.05, 0) is 17.7 Å². The van der Waals surface area contributed by atoms with Gasteiger partial charge in [-0.1, -0.05) is 30.3 Å². The van der Waals surface area contributed by atoms with E-state index in [2.05, 4.69) is 16.0 Å². The van der Waals surface area contributed by atoms with Crippen LogP contribution in [0.25, 0.3) is 0 Å². The summed E-state index contributed by atoms with van der Waals surface area (Å²) in [5, 5.41) is 18.5. The largest absolute Gasteiger partial charge is 0.459 e. The zero-order chi connectivity index (χ0) is 18.4. The molecule has 3 unspecified atom stereocenters. The lowest BCUT2D eigenvalue weighted by molar-refractivity contribution is -0.123. The molecule has 3 atom stereocenters. The van der Waals surface area contributed by atoms with Crippen molar-refractivity contribution in [3.8, 4) is 0 Å². The van der Waals surface area contributed by atoms with Crippen LogP contribution in [0.4, 0.5) is 0 Å². The Morgan fingerprint density at radius 1 is 1.19 bits per heavy atom. The average Bonchev–Trinajstić information content (AvgIpc) is 3.32. The molecule has 1 aliphatic heterocycles. The van der Waals surface area contributed by atoms with Crippen molar-refractivity contribution in [2.45, 2.75) is 18.6 Å². The SMILES string of the molecule is Cl.O=C(NC(Cc1ccccc1)C(=O)NCC1CNCC1O)c1ccco1. The van der Waals surface area contributed by atoms with E-state index in [1.807, 2.05) is 30.3 Å². The number of β-amino-alcohol motifs (C(OH)–C–C–N with tert-alkyl or cyclic N) is 1. The minimum absolute atomic E-state index is 0. The Labute approximate surface area is 163 Å². The molecule has 0 aliphatic carbocycles. The summed E-state index contributed by atoms with van der Waals surface area (Å²) >= 11 is 0. The molecule has 0 radical (unpaired) electrons. The van der Waals surface area contributed by atoms with Gasteiger partial charge in [-0.2, -0.15) is 0 Å². The van der Waals surface area contributed by atoms with Crippen molar-refractivity contribution in [2.24, 2.45) is 5.92 Å². The normalized spacial score (nSPS) is 19.7. The molecule has 3 rings (SSSR count). The summed E-state index contributed by atoms with van der Waals surface area (Å²) in [5.74, 6) is -0.593. The van der Waals surface area contributed by atoms with E-state index in [1.54, 1.807) is 12.1 Å². The number of aliphatic hydroxyl groups is 1. The molecule has 2 heterocycles. The highest BCUT2D eigenvalue weighted by atomic mass is 35.5. The van der Waals surface area contributed by atoms with Crippen molar-refractivity contribution in [2.75, 3.05) is 19.6 Å². The lowest BCUT2D eigenvalue weighted by Gasteiger charge is -2.20. The van der Waals surface area contributed by atoms with Gasteiger partial charge in [0.2, 0.25) is 5.91 Å². The molecular weight excluding hydrogens is 370 g/mol. The first-order valence-corrected chi connectivity index (χ1v) is 8.68. The number of carbonyl (C=O) groups is 2. The van der Waals surface area contributed by atoms with Crippen LogP contribution in [0.15, 0.2) is 53.1 Å². The van der Waals surface area contributed by atoms with Gasteiger partial charge in [0.1, 0.15) is 6.04 Å². The van der Waals surface area contributed by atoms with Gasteiger partial charge in [-0.25, -0.2) is 0 Å². The number of carbonyl (C=O) groups excluding carboxylic acids is 2. The number of nitrogens with one attached hydrogen (secondary N) is 3. The first-order valence-electron chi connectivity index (χ1n) is 8.68. The van der Waals surface area contributed by atoms with E-state index >= 15 is 0 Å². The number of rotatable bonds is 7. The van der Waals surface area contributed by atoms with Crippen LogP contribution in [0.2, 0.25) is 0 Å². The summed E-state index contributed by atoms with van der Waals surface area (Å²) in [6.45, 7) is 1.54. The zero-order valence-electron chi connectivity index (χ0n) is 14.8. The Kier molecular flexibility index (Phi) is 7.84. The number of benzene rings is 1. The third-order valence-corrected chi connectivity index (χ3v) is 4.49. The Balaban J connectivity index is 0.00000261. The van der Waals surface area contributed by atoms with Gasteiger partial charge in [0.15, 0.2) is 5.76 Å². The summed E-state index contributed by atoms with van der Waals surface area (Å²) in [7, 11) is 0. The monoisotopic (exact) mass is 393 g/mol. The van der Waals surface area contributed by atoms with Crippen LogP contribution in [0.3, 0.4) is 0 Å². The molecule has 0 bridgehead atoms. The zero-order valence-corrected chi connectivity index (χ0v) is 15.6. The van der Waals surface area contributed by atoms with Crippen LogP contribution in [-0.2, 0) is 11.2 Å². The Bertz CT molecular complexity index is 724. The summed E-state index contributed by atoms with van der Waals surface area (Å²) in [5.41, 5.74) is 0.940. The van der Waals surface area contributed by atoms with E-state index in [9.17, 15) is 14.7 Å². The Hall–Kier alpha value is -2.35. The predicted molar refractivity (Wildman–Crippen MR) is 103 cm³/mol. The molecule has 1 fully saturated rings. The molecule has 1 saturated heterocycles. The highest BCUT2D eigenvalue weighted by molar-refractivity contribution is 5.95. The number of furan rings is 1. The molecule has 2 aromatic rings. The lowest BCUT2D eigenvalue weighted by Crippen LogP contribution is -2.49. The van der Waals surface area contributed by atoms with E-state index in [0.717, 1.165) is 5.56 Å². The molecule has 27 heavy (non-hydrogen) atoms. The smallest absolute Gasteiger partial charge is 0.287 e. The molecule has 2 amide bonds. The standard InChI is InChI=1S/C19H23N3O4.ClH/c23-16-12-20-10-14(16)11-21-18(24)15(9-13-5-2-1-3-6-13)22-19(25)17-7-4-8-26-17;/h1-8,14-16,20,23H,9-12H2,(H,21,24)(H,22,25);1H. The first-order chi connectivity index (χ1) is 12.6. The maximum atomic E-state index is 12.7.